The number of ketones is 1. The maximum absolute atomic E-state index is 14.1. The van der Waals surface area contributed by atoms with Crippen LogP contribution in [0.3, 0.4) is 0 Å². The molecule has 4 aromatic rings. The highest BCUT2D eigenvalue weighted by atomic mass is 32.1. The fourth-order valence-electron chi connectivity index (χ4n) is 3.74. The van der Waals surface area contributed by atoms with Gasteiger partial charge in [0.25, 0.3) is 0 Å². The third kappa shape index (κ3) is 4.60. The van der Waals surface area contributed by atoms with Crippen LogP contribution in [-0.2, 0) is 5.60 Å². The molecular formula is C26H24FNO4S. The Bertz CT molecular complexity index is 1310. The van der Waals surface area contributed by atoms with Crippen LogP contribution in [0.1, 0.15) is 35.8 Å². The zero-order chi connectivity index (χ0) is 23.6. The number of hydrogen-bond acceptors (Lipinski definition) is 6. The second kappa shape index (κ2) is 9.29. The lowest BCUT2D eigenvalue weighted by molar-refractivity contribution is 0.0398. The molecule has 7 heteroatoms. The number of halogens is 1. The summed E-state index contributed by atoms with van der Waals surface area (Å²) < 4.78 is 25.2. The number of pyridine rings is 1. The van der Waals surface area contributed by atoms with Gasteiger partial charge in [-0.1, -0.05) is 18.2 Å². The monoisotopic (exact) mass is 465 g/mol. The fraction of sp³-hybridized carbons (Fsp3) is 0.231. The van der Waals surface area contributed by atoms with E-state index in [1.54, 1.807) is 37.3 Å². The van der Waals surface area contributed by atoms with E-state index in [1.807, 2.05) is 23.6 Å². The molecule has 0 radical (unpaired) electrons. The van der Waals surface area contributed by atoms with Crippen molar-refractivity contribution in [3.63, 3.8) is 0 Å². The van der Waals surface area contributed by atoms with E-state index in [0.29, 0.717) is 33.2 Å². The van der Waals surface area contributed by atoms with Crippen LogP contribution in [0.5, 0.6) is 11.5 Å². The highest BCUT2D eigenvalue weighted by Gasteiger charge is 2.27. The first-order chi connectivity index (χ1) is 15.8. The van der Waals surface area contributed by atoms with Crippen molar-refractivity contribution in [3.05, 3.63) is 77.1 Å². The van der Waals surface area contributed by atoms with Crippen molar-refractivity contribution in [2.24, 2.45) is 0 Å². The number of nitrogens with zero attached hydrogens (tertiary/aromatic N) is 1. The number of aliphatic hydroxyl groups is 1. The molecule has 2 aromatic heterocycles. The number of Topliss-reactive ketones (excluding diaryl/α,β-unsaturated/α-hetero) is 1. The van der Waals surface area contributed by atoms with Gasteiger partial charge in [-0.25, -0.2) is 9.37 Å². The molecule has 0 aliphatic carbocycles. The summed E-state index contributed by atoms with van der Waals surface area (Å²) in [7, 11) is 3.05. The fourth-order valence-corrected chi connectivity index (χ4v) is 4.71. The molecule has 0 saturated carbocycles. The maximum Gasteiger partial charge on any atom is 0.163 e. The van der Waals surface area contributed by atoms with Crippen molar-refractivity contribution in [1.82, 2.24) is 4.98 Å². The minimum Gasteiger partial charge on any atom is -0.493 e. The van der Waals surface area contributed by atoms with E-state index < -0.39 is 5.60 Å². The molecule has 0 bridgehead atoms. The lowest BCUT2D eigenvalue weighted by Gasteiger charge is -2.23. The van der Waals surface area contributed by atoms with Gasteiger partial charge < -0.3 is 14.6 Å². The second-order valence-electron chi connectivity index (χ2n) is 7.94. The summed E-state index contributed by atoms with van der Waals surface area (Å²) in [6, 6.07) is 15.3. The summed E-state index contributed by atoms with van der Waals surface area (Å²) in [5, 5.41) is 13.8. The molecule has 2 heterocycles. The number of thiophene rings is 1. The molecule has 0 saturated heterocycles. The zero-order valence-electron chi connectivity index (χ0n) is 18.6. The van der Waals surface area contributed by atoms with Gasteiger partial charge in [0.15, 0.2) is 17.3 Å². The second-order valence-corrected chi connectivity index (χ2v) is 8.82. The molecule has 0 aliphatic rings. The first-order valence-corrected chi connectivity index (χ1v) is 11.3. The van der Waals surface area contributed by atoms with Gasteiger partial charge in [-0.2, -0.15) is 0 Å². The maximum atomic E-state index is 14.1. The number of benzene rings is 2. The Morgan fingerprint density at radius 2 is 1.85 bits per heavy atom. The first kappa shape index (κ1) is 22.9. The number of aromatic nitrogens is 1. The van der Waals surface area contributed by atoms with Crippen molar-refractivity contribution < 1.29 is 23.8 Å². The Kier molecular flexibility index (Phi) is 6.44. The topological polar surface area (TPSA) is 68.7 Å². The number of methoxy groups -OCH3 is 2. The average Bonchev–Trinajstić information content (AvgIpc) is 3.28. The van der Waals surface area contributed by atoms with Gasteiger partial charge in [0.05, 0.1) is 30.3 Å². The number of carbonyl (C=O) groups is 1. The SMILES string of the molecule is COc1ccc(C(=O)CCC(C)(O)c2cccc(-c3csc4c(F)cccc34)n2)cc1OC. The third-order valence-corrected chi connectivity index (χ3v) is 6.68. The lowest BCUT2D eigenvalue weighted by Crippen LogP contribution is -2.24. The van der Waals surface area contributed by atoms with Crippen LogP contribution in [0, 0.1) is 5.82 Å². The molecule has 0 amide bonds. The quantitative estimate of drug-likeness (QED) is 0.324. The van der Waals surface area contributed by atoms with Crippen LogP contribution in [0.15, 0.2) is 60.0 Å². The lowest BCUT2D eigenvalue weighted by atomic mass is 9.92. The van der Waals surface area contributed by atoms with Gasteiger partial charge in [-0.05, 0) is 49.7 Å². The Hall–Kier alpha value is -3.29. The molecule has 0 aliphatic heterocycles. The highest BCUT2D eigenvalue weighted by molar-refractivity contribution is 7.17. The Morgan fingerprint density at radius 1 is 1.09 bits per heavy atom. The van der Waals surface area contributed by atoms with E-state index in [1.165, 1.54) is 31.6 Å². The van der Waals surface area contributed by atoms with E-state index in [0.717, 1.165) is 10.9 Å². The van der Waals surface area contributed by atoms with Crippen molar-refractivity contribution in [3.8, 4) is 22.8 Å². The van der Waals surface area contributed by atoms with E-state index in [4.69, 9.17) is 9.47 Å². The van der Waals surface area contributed by atoms with Gasteiger partial charge in [0.1, 0.15) is 11.4 Å². The summed E-state index contributed by atoms with van der Waals surface area (Å²) in [5.41, 5.74) is 1.08. The molecule has 33 heavy (non-hydrogen) atoms. The molecule has 1 unspecified atom stereocenters. The van der Waals surface area contributed by atoms with Crippen LogP contribution < -0.4 is 9.47 Å². The predicted molar refractivity (Wildman–Crippen MR) is 128 cm³/mol. The summed E-state index contributed by atoms with van der Waals surface area (Å²) in [6.45, 7) is 1.65. The first-order valence-electron chi connectivity index (χ1n) is 10.5. The van der Waals surface area contributed by atoms with E-state index >= 15 is 0 Å². The summed E-state index contributed by atoms with van der Waals surface area (Å²) in [4.78, 5) is 17.4. The Labute approximate surface area is 195 Å². The van der Waals surface area contributed by atoms with Crippen LogP contribution in [0.4, 0.5) is 4.39 Å². The summed E-state index contributed by atoms with van der Waals surface area (Å²) >= 11 is 1.32. The van der Waals surface area contributed by atoms with Gasteiger partial charge >= 0.3 is 0 Å². The van der Waals surface area contributed by atoms with Crippen molar-refractivity contribution >= 4 is 27.2 Å². The van der Waals surface area contributed by atoms with Gasteiger partial charge in [-0.15, -0.1) is 11.3 Å². The smallest absolute Gasteiger partial charge is 0.163 e. The molecule has 0 fully saturated rings. The van der Waals surface area contributed by atoms with Crippen LogP contribution in [0.2, 0.25) is 0 Å². The number of ether oxygens (including phenoxy) is 2. The minimum atomic E-state index is -1.32. The van der Waals surface area contributed by atoms with E-state index in [-0.39, 0.29) is 24.4 Å². The van der Waals surface area contributed by atoms with Crippen molar-refractivity contribution in [1.29, 1.82) is 0 Å². The predicted octanol–water partition coefficient (Wildman–Crippen LogP) is 5.99. The molecule has 5 nitrogen and oxygen atoms in total. The van der Waals surface area contributed by atoms with Crippen molar-refractivity contribution in [2.45, 2.75) is 25.4 Å². The van der Waals surface area contributed by atoms with Crippen molar-refractivity contribution in [2.75, 3.05) is 14.2 Å². The highest BCUT2D eigenvalue weighted by Crippen LogP contribution is 2.36. The summed E-state index contributed by atoms with van der Waals surface area (Å²) in [5.74, 6) is 0.638. The number of carbonyl (C=O) groups excluding carboxylic acids is 1. The molecule has 0 spiro atoms. The standard InChI is InChI=1S/C26H24FNO4S/c1-26(30,13-12-21(29)16-10-11-22(31-2)23(14-16)32-3)24-9-5-8-20(28-24)18-15-33-25-17(18)6-4-7-19(25)27/h4-11,14-15,30H,12-13H2,1-3H3. The molecular weight excluding hydrogens is 441 g/mol. The van der Waals surface area contributed by atoms with Crippen LogP contribution >= 0.6 is 11.3 Å². The van der Waals surface area contributed by atoms with Gasteiger partial charge in [0.2, 0.25) is 0 Å². The summed E-state index contributed by atoms with van der Waals surface area (Å²) in [6.07, 6.45) is 0.316. The Balaban J connectivity index is 1.54. The normalized spacial score (nSPS) is 13.0. The molecule has 1 N–H and O–H groups in total. The third-order valence-electron chi connectivity index (χ3n) is 5.67. The molecule has 2 aromatic carbocycles. The molecule has 1 atom stereocenters. The van der Waals surface area contributed by atoms with Crippen LogP contribution in [0.25, 0.3) is 21.3 Å². The van der Waals surface area contributed by atoms with E-state index in [9.17, 15) is 14.3 Å². The molecule has 170 valence electrons. The van der Waals surface area contributed by atoms with Gasteiger partial charge in [0, 0.05) is 28.3 Å². The number of hydrogen-bond donors (Lipinski definition) is 1. The minimum absolute atomic E-state index is 0.119. The van der Waals surface area contributed by atoms with Gasteiger partial charge in [-0.3, -0.25) is 4.79 Å². The zero-order valence-corrected chi connectivity index (χ0v) is 19.4. The Morgan fingerprint density at radius 3 is 2.61 bits per heavy atom. The largest absolute Gasteiger partial charge is 0.493 e. The molecule has 4 rings (SSSR count). The number of rotatable bonds is 8. The van der Waals surface area contributed by atoms with Crippen LogP contribution in [-0.4, -0.2) is 30.1 Å². The number of fused-ring (bicyclic) bond motifs is 1. The average molecular weight is 466 g/mol. The van der Waals surface area contributed by atoms with E-state index in [2.05, 4.69) is 4.98 Å².